The van der Waals surface area contributed by atoms with E-state index in [0.29, 0.717) is 16.3 Å². The van der Waals surface area contributed by atoms with Gasteiger partial charge in [-0.3, -0.25) is 4.79 Å². The molecule has 154 valence electrons. The van der Waals surface area contributed by atoms with Crippen LogP contribution in [0, 0.1) is 13.8 Å². The fourth-order valence-corrected chi connectivity index (χ4v) is 5.19. The molecule has 2 aromatic carbocycles. The Kier molecular flexibility index (Phi) is 5.31. The number of benzene rings is 2. The second-order valence-electron chi connectivity index (χ2n) is 6.60. The maximum atomic E-state index is 12.6. The number of fused-ring (bicyclic) bond motifs is 1. The van der Waals surface area contributed by atoms with Crippen molar-refractivity contribution in [3.8, 4) is 10.6 Å². The fourth-order valence-electron chi connectivity index (χ4n) is 2.83. The molecule has 0 fully saturated rings. The number of aryl methyl sites for hydroxylation is 2. The molecule has 0 aliphatic heterocycles. The first-order chi connectivity index (χ1) is 14.3. The minimum atomic E-state index is -4.18. The molecule has 0 bridgehead atoms. The van der Waals surface area contributed by atoms with E-state index in [2.05, 4.69) is 20.6 Å². The van der Waals surface area contributed by atoms with Gasteiger partial charge in [-0.2, -0.15) is 9.61 Å². The van der Waals surface area contributed by atoms with Crippen molar-refractivity contribution in [2.45, 2.75) is 25.3 Å². The van der Waals surface area contributed by atoms with Crippen molar-refractivity contribution in [1.82, 2.24) is 25.1 Å². The minimum absolute atomic E-state index is 0.0716. The Morgan fingerprint density at radius 2 is 1.87 bits per heavy atom. The van der Waals surface area contributed by atoms with Crippen molar-refractivity contribution in [2.75, 3.05) is 0 Å². The van der Waals surface area contributed by atoms with Gasteiger partial charge in [0.25, 0.3) is 9.84 Å². The number of halogens is 1. The van der Waals surface area contributed by atoms with E-state index < -0.39 is 15.1 Å². The topological polar surface area (TPSA) is 106 Å². The van der Waals surface area contributed by atoms with E-state index in [1.54, 1.807) is 23.6 Å². The van der Waals surface area contributed by atoms with Crippen LogP contribution in [0.25, 0.3) is 15.5 Å². The fraction of sp³-hybridized carbons (Fsp3) is 0.158. The lowest BCUT2D eigenvalue weighted by atomic mass is 10.1. The van der Waals surface area contributed by atoms with Crippen molar-refractivity contribution >= 4 is 43.0 Å². The van der Waals surface area contributed by atoms with E-state index in [-0.39, 0.29) is 16.5 Å². The number of nitrogens with zero attached hydrogens (tertiary/aromatic N) is 4. The average molecular weight is 462 g/mol. The number of amides is 1. The smallest absolute Gasteiger partial charge is 0.338 e. The third-order valence-electron chi connectivity index (χ3n) is 4.47. The van der Waals surface area contributed by atoms with E-state index in [9.17, 15) is 13.2 Å². The number of aromatic nitrogens is 4. The normalized spacial score (nSPS) is 11.7. The van der Waals surface area contributed by atoms with E-state index >= 15 is 0 Å². The number of hydrogen-bond donors (Lipinski definition) is 1. The van der Waals surface area contributed by atoms with Crippen molar-refractivity contribution in [3.05, 3.63) is 64.4 Å². The van der Waals surface area contributed by atoms with Gasteiger partial charge in [-0.1, -0.05) is 53.3 Å². The number of hydrogen-bond acceptors (Lipinski definition) is 7. The summed E-state index contributed by atoms with van der Waals surface area (Å²) < 4.78 is 26.8. The van der Waals surface area contributed by atoms with Crippen molar-refractivity contribution in [1.29, 1.82) is 0 Å². The van der Waals surface area contributed by atoms with Gasteiger partial charge in [0, 0.05) is 17.1 Å². The third kappa shape index (κ3) is 3.81. The second kappa shape index (κ2) is 7.78. The predicted octanol–water partition coefficient (Wildman–Crippen LogP) is 3.81. The monoisotopic (exact) mass is 461 g/mol. The third-order valence-corrected chi connectivity index (χ3v) is 7.30. The zero-order valence-electron chi connectivity index (χ0n) is 16.0. The van der Waals surface area contributed by atoms with Gasteiger partial charge < -0.3 is 5.32 Å². The first kappa shape index (κ1) is 20.5. The van der Waals surface area contributed by atoms with Crippen LogP contribution in [-0.2, 0) is 16.4 Å². The molecular formula is C19H16ClN5O3S2. The van der Waals surface area contributed by atoms with Crippen LogP contribution >= 0.6 is 22.9 Å². The average Bonchev–Trinajstić information content (AvgIpc) is 3.30. The lowest BCUT2D eigenvalue weighted by Gasteiger charge is -2.09. The maximum Gasteiger partial charge on any atom is 0.341 e. The number of carbonyl (C=O) groups excluding carboxylic acids is 1. The molecule has 0 saturated carbocycles. The van der Waals surface area contributed by atoms with Crippen molar-refractivity contribution in [2.24, 2.45) is 0 Å². The van der Waals surface area contributed by atoms with Crippen molar-refractivity contribution < 1.29 is 13.2 Å². The number of carbonyl (C=O) groups is 1. The quantitative estimate of drug-likeness (QED) is 0.495. The van der Waals surface area contributed by atoms with Crippen LogP contribution in [0.4, 0.5) is 4.79 Å². The van der Waals surface area contributed by atoms with E-state index in [1.807, 2.05) is 31.2 Å². The number of nitrogens with one attached hydrogen (secondary N) is 1. The molecule has 30 heavy (non-hydrogen) atoms. The summed E-state index contributed by atoms with van der Waals surface area (Å²) in [5.41, 5.74) is 2.10. The summed E-state index contributed by atoms with van der Waals surface area (Å²) in [6, 6.07) is 11.8. The summed E-state index contributed by atoms with van der Waals surface area (Å²) in [6.45, 7) is 3.51. The summed E-state index contributed by atoms with van der Waals surface area (Å²) in [6.07, 6.45) is 0. The Hall–Kier alpha value is -2.82. The number of sulfone groups is 1. The highest BCUT2D eigenvalue weighted by Gasteiger charge is 2.26. The standard InChI is InChI=1S/C19H16ClN5O3S2/c1-11-3-8-15(20)9-16(11)30(27,28)19(26)21-10-13-4-6-14(7-5-13)17-24-25-12(2)22-23-18(25)29-17/h3-9H,10H2,1-2H3,(H,21,26). The maximum absolute atomic E-state index is 12.6. The highest BCUT2D eigenvalue weighted by atomic mass is 35.5. The molecule has 2 heterocycles. The van der Waals surface area contributed by atoms with Gasteiger partial charge in [0.1, 0.15) is 5.01 Å². The molecular weight excluding hydrogens is 446 g/mol. The SMILES string of the molecule is Cc1ccc(Cl)cc1S(=O)(=O)C(=O)NCc1ccc(-c2nn3c(C)nnc3s2)cc1. The first-order valence-electron chi connectivity index (χ1n) is 8.83. The molecule has 0 atom stereocenters. The number of rotatable bonds is 4. The highest BCUT2D eigenvalue weighted by molar-refractivity contribution is 8.06. The second-order valence-corrected chi connectivity index (χ2v) is 9.81. The van der Waals surface area contributed by atoms with Crippen LogP contribution in [0.15, 0.2) is 47.4 Å². The molecule has 0 unspecified atom stereocenters. The molecule has 2 aromatic heterocycles. The Balaban J connectivity index is 1.47. The summed E-state index contributed by atoms with van der Waals surface area (Å²) in [7, 11) is -4.18. The van der Waals surface area contributed by atoms with E-state index in [0.717, 1.165) is 16.1 Å². The lowest BCUT2D eigenvalue weighted by Crippen LogP contribution is -2.29. The Morgan fingerprint density at radius 3 is 2.57 bits per heavy atom. The molecule has 0 aliphatic carbocycles. The lowest BCUT2D eigenvalue weighted by molar-refractivity contribution is 0.258. The summed E-state index contributed by atoms with van der Waals surface area (Å²) in [5.74, 6) is 0.711. The van der Waals surface area contributed by atoms with Crippen LogP contribution in [0.5, 0.6) is 0 Å². The van der Waals surface area contributed by atoms with Gasteiger partial charge in [-0.25, -0.2) is 8.42 Å². The molecule has 0 spiro atoms. The van der Waals surface area contributed by atoms with Crippen LogP contribution in [-0.4, -0.2) is 33.5 Å². The zero-order valence-corrected chi connectivity index (χ0v) is 18.3. The van der Waals surface area contributed by atoms with Gasteiger partial charge in [-0.15, -0.1) is 10.2 Å². The van der Waals surface area contributed by atoms with E-state index in [1.165, 1.54) is 17.4 Å². The summed E-state index contributed by atoms with van der Waals surface area (Å²) >= 11 is 7.30. The highest BCUT2D eigenvalue weighted by Crippen LogP contribution is 2.26. The van der Waals surface area contributed by atoms with Gasteiger partial charge in [-0.05, 0) is 37.1 Å². The molecule has 0 aliphatic rings. The molecule has 4 aromatic rings. The Morgan fingerprint density at radius 1 is 1.13 bits per heavy atom. The zero-order chi connectivity index (χ0) is 21.5. The predicted molar refractivity (Wildman–Crippen MR) is 114 cm³/mol. The summed E-state index contributed by atoms with van der Waals surface area (Å²) in [5, 5.41) is 14.9. The van der Waals surface area contributed by atoms with Crippen LogP contribution in [0.3, 0.4) is 0 Å². The largest absolute Gasteiger partial charge is 0.341 e. The Labute approximate surface area is 181 Å². The minimum Gasteiger partial charge on any atom is -0.338 e. The van der Waals surface area contributed by atoms with Crippen LogP contribution < -0.4 is 5.32 Å². The van der Waals surface area contributed by atoms with Crippen LogP contribution in [0.1, 0.15) is 17.0 Å². The molecule has 0 saturated heterocycles. The summed E-state index contributed by atoms with van der Waals surface area (Å²) in [4.78, 5) is 12.9. The molecule has 0 radical (unpaired) electrons. The molecule has 1 amide bonds. The molecule has 8 nitrogen and oxygen atoms in total. The van der Waals surface area contributed by atoms with Crippen LogP contribution in [0.2, 0.25) is 5.02 Å². The van der Waals surface area contributed by atoms with Crippen molar-refractivity contribution in [3.63, 3.8) is 0 Å². The van der Waals surface area contributed by atoms with Gasteiger partial charge in [0.05, 0.1) is 4.90 Å². The van der Waals surface area contributed by atoms with Gasteiger partial charge in [0.15, 0.2) is 5.82 Å². The first-order valence-corrected chi connectivity index (χ1v) is 11.5. The molecule has 1 N–H and O–H groups in total. The Bertz CT molecular complexity index is 1360. The van der Waals surface area contributed by atoms with Gasteiger partial charge in [0.2, 0.25) is 4.96 Å². The molecule has 4 rings (SSSR count). The molecule has 11 heteroatoms. The van der Waals surface area contributed by atoms with E-state index in [4.69, 9.17) is 11.6 Å². The van der Waals surface area contributed by atoms with Gasteiger partial charge >= 0.3 is 5.24 Å².